The molecule has 1 aliphatic carbocycles. The van der Waals surface area contributed by atoms with Crippen molar-refractivity contribution in [3.63, 3.8) is 0 Å². The number of rotatable bonds is 3. The Hall–Kier alpha value is -0.750. The van der Waals surface area contributed by atoms with Gasteiger partial charge in [0, 0.05) is 5.75 Å². The molecular weight excluding hydrogens is 300 g/mol. The van der Waals surface area contributed by atoms with Gasteiger partial charge in [0.25, 0.3) is 0 Å². The molecule has 2 atom stereocenters. The number of hydrogen-bond donors (Lipinski definition) is 1. The van der Waals surface area contributed by atoms with Crippen LogP contribution in [0.15, 0.2) is 0 Å². The zero-order valence-corrected chi connectivity index (χ0v) is 14.7. The molecule has 0 radical (unpaired) electrons. The molecule has 0 aromatic heterocycles. The second-order valence-electron chi connectivity index (χ2n) is 7.18. The van der Waals surface area contributed by atoms with Gasteiger partial charge in [0.1, 0.15) is 11.6 Å². The maximum Gasteiger partial charge on any atom is 0.330 e. The van der Waals surface area contributed by atoms with E-state index in [1.54, 1.807) is 16.7 Å². The minimum atomic E-state index is -0.540. The number of carbonyl (C=O) groups is 2. The molecule has 0 spiro atoms. The molecule has 2 N–H and O–H groups in total. The maximum absolute atomic E-state index is 12.4. The average molecular weight is 328 g/mol. The highest BCUT2D eigenvalue weighted by Gasteiger charge is 2.45. The molecule has 126 valence electrons. The molecule has 1 aliphatic heterocycles. The molecule has 22 heavy (non-hydrogen) atoms. The van der Waals surface area contributed by atoms with Crippen molar-refractivity contribution < 1.29 is 14.3 Å². The zero-order chi connectivity index (χ0) is 16.3. The van der Waals surface area contributed by atoms with E-state index in [2.05, 4.69) is 0 Å². The van der Waals surface area contributed by atoms with E-state index in [0.29, 0.717) is 11.7 Å². The number of nitrogens with zero attached hydrogens (tertiary/aromatic N) is 1. The van der Waals surface area contributed by atoms with Crippen LogP contribution in [0.25, 0.3) is 0 Å². The number of ether oxygens (including phenoxy) is 1. The fourth-order valence-electron chi connectivity index (χ4n) is 3.28. The number of carbonyl (C=O) groups excluding carboxylic acids is 2. The number of hydrogen-bond acceptors (Lipinski definition) is 5. The van der Waals surface area contributed by atoms with Crippen LogP contribution >= 0.6 is 11.8 Å². The monoisotopic (exact) mass is 328 g/mol. The highest BCUT2D eigenvalue weighted by Crippen LogP contribution is 2.40. The van der Waals surface area contributed by atoms with Gasteiger partial charge in [0.2, 0.25) is 5.91 Å². The molecule has 1 saturated heterocycles. The van der Waals surface area contributed by atoms with E-state index in [-0.39, 0.29) is 23.8 Å². The van der Waals surface area contributed by atoms with Gasteiger partial charge < -0.3 is 15.4 Å². The van der Waals surface area contributed by atoms with Crippen LogP contribution in [-0.2, 0) is 14.3 Å². The summed E-state index contributed by atoms with van der Waals surface area (Å²) in [6.07, 6.45) is 5.96. The summed E-state index contributed by atoms with van der Waals surface area (Å²) in [6, 6.07) is -0.493. The number of thioether (sulfide) groups is 1. The molecule has 1 saturated carbocycles. The molecule has 1 amide bonds. The van der Waals surface area contributed by atoms with Crippen LogP contribution in [0.1, 0.15) is 52.9 Å². The van der Waals surface area contributed by atoms with Gasteiger partial charge in [-0.05, 0) is 39.5 Å². The van der Waals surface area contributed by atoms with Crippen molar-refractivity contribution in [1.82, 2.24) is 4.90 Å². The third kappa shape index (κ3) is 4.16. The fraction of sp³-hybridized carbons (Fsp3) is 0.875. The van der Waals surface area contributed by atoms with Crippen molar-refractivity contribution in [2.75, 3.05) is 12.3 Å². The lowest BCUT2D eigenvalue weighted by Crippen LogP contribution is -2.51. The van der Waals surface area contributed by atoms with Crippen LogP contribution in [0.5, 0.6) is 0 Å². The lowest BCUT2D eigenvalue weighted by Gasteiger charge is -2.35. The second kappa shape index (κ2) is 7.21. The molecule has 2 fully saturated rings. The largest absolute Gasteiger partial charge is 0.458 e. The van der Waals surface area contributed by atoms with Crippen LogP contribution in [0.3, 0.4) is 0 Å². The van der Waals surface area contributed by atoms with E-state index in [4.69, 9.17) is 10.5 Å². The standard InChI is InChI=1S/C16H28N2O3S/c1-16(2,3)21-15(20)12-10-22-14(18(12)13(19)9-17)11-7-5-4-6-8-11/h11-12,14H,4-10,17H2,1-3H3/t12-,14?/m0/s1. The molecule has 0 aromatic rings. The van der Waals surface area contributed by atoms with Crippen molar-refractivity contribution in [2.45, 2.75) is 69.9 Å². The van der Waals surface area contributed by atoms with E-state index in [1.165, 1.54) is 19.3 Å². The summed E-state index contributed by atoms with van der Waals surface area (Å²) in [5.74, 6) is 0.639. The molecule has 0 aromatic carbocycles. The minimum absolute atomic E-state index is 0.0525. The third-order valence-corrected chi connectivity index (χ3v) is 5.69. The summed E-state index contributed by atoms with van der Waals surface area (Å²) in [5.41, 5.74) is 5.04. The second-order valence-corrected chi connectivity index (χ2v) is 8.33. The third-order valence-electron chi connectivity index (χ3n) is 4.23. The highest BCUT2D eigenvalue weighted by atomic mass is 32.2. The Labute approximate surface area is 137 Å². The number of nitrogens with two attached hydrogens (primary N) is 1. The minimum Gasteiger partial charge on any atom is -0.458 e. The van der Waals surface area contributed by atoms with Crippen molar-refractivity contribution >= 4 is 23.6 Å². The summed E-state index contributed by atoms with van der Waals surface area (Å²) in [7, 11) is 0. The van der Waals surface area contributed by atoms with Gasteiger partial charge in [-0.3, -0.25) is 4.79 Å². The van der Waals surface area contributed by atoms with Crippen LogP contribution in [-0.4, -0.2) is 46.1 Å². The zero-order valence-electron chi connectivity index (χ0n) is 13.8. The molecule has 5 nitrogen and oxygen atoms in total. The molecule has 2 aliphatic rings. The van der Waals surface area contributed by atoms with E-state index < -0.39 is 11.6 Å². The predicted molar refractivity (Wildman–Crippen MR) is 88.4 cm³/mol. The van der Waals surface area contributed by atoms with E-state index in [0.717, 1.165) is 12.8 Å². The van der Waals surface area contributed by atoms with Gasteiger partial charge in [-0.15, -0.1) is 11.8 Å². The van der Waals surface area contributed by atoms with E-state index >= 15 is 0 Å². The first kappa shape index (κ1) is 17.6. The Morgan fingerprint density at radius 2 is 1.86 bits per heavy atom. The van der Waals surface area contributed by atoms with Gasteiger partial charge in [0.05, 0.1) is 11.9 Å². The summed E-state index contributed by atoms with van der Waals surface area (Å²) in [4.78, 5) is 26.5. The van der Waals surface area contributed by atoms with Crippen molar-refractivity contribution in [3.05, 3.63) is 0 Å². The van der Waals surface area contributed by atoms with E-state index in [9.17, 15) is 9.59 Å². The average Bonchev–Trinajstić information content (AvgIpc) is 2.90. The maximum atomic E-state index is 12.4. The molecule has 2 rings (SSSR count). The quantitative estimate of drug-likeness (QED) is 0.804. The summed E-state index contributed by atoms with van der Waals surface area (Å²) >= 11 is 1.71. The van der Waals surface area contributed by atoms with Crippen molar-refractivity contribution in [2.24, 2.45) is 11.7 Å². The first-order valence-electron chi connectivity index (χ1n) is 8.19. The number of amides is 1. The normalized spacial score (nSPS) is 27.0. The summed E-state index contributed by atoms with van der Waals surface area (Å²) in [6.45, 7) is 5.49. The molecule has 1 heterocycles. The summed E-state index contributed by atoms with van der Waals surface area (Å²) < 4.78 is 5.50. The Bertz CT molecular complexity index is 416. The molecule has 6 heteroatoms. The SMILES string of the molecule is CC(C)(C)OC(=O)[C@@H]1CSC(C2CCCCC2)N1C(=O)CN. The van der Waals surface area contributed by atoms with Gasteiger partial charge in [0.15, 0.2) is 0 Å². The Morgan fingerprint density at radius 3 is 2.41 bits per heavy atom. The highest BCUT2D eigenvalue weighted by molar-refractivity contribution is 8.00. The van der Waals surface area contributed by atoms with Crippen LogP contribution in [0.4, 0.5) is 0 Å². The van der Waals surface area contributed by atoms with Crippen molar-refractivity contribution in [1.29, 1.82) is 0 Å². The predicted octanol–water partition coefficient (Wildman–Crippen LogP) is 2.14. The van der Waals surface area contributed by atoms with Gasteiger partial charge in [-0.1, -0.05) is 19.3 Å². The Kier molecular flexibility index (Phi) is 5.77. The molecular formula is C16H28N2O3S. The number of esters is 1. The van der Waals surface area contributed by atoms with Gasteiger partial charge in [-0.25, -0.2) is 4.79 Å². The molecule has 0 bridgehead atoms. The van der Waals surface area contributed by atoms with Crippen LogP contribution in [0.2, 0.25) is 0 Å². The lowest BCUT2D eigenvalue weighted by atomic mass is 9.88. The topological polar surface area (TPSA) is 72.6 Å². The van der Waals surface area contributed by atoms with Crippen molar-refractivity contribution in [3.8, 4) is 0 Å². The van der Waals surface area contributed by atoms with Gasteiger partial charge in [-0.2, -0.15) is 0 Å². The smallest absolute Gasteiger partial charge is 0.330 e. The fourth-order valence-corrected chi connectivity index (χ4v) is 4.93. The first-order valence-corrected chi connectivity index (χ1v) is 9.24. The van der Waals surface area contributed by atoms with Crippen LogP contribution in [0, 0.1) is 5.92 Å². The molecule has 1 unspecified atom stereocenters. The van der Waals surface area contributed by atoms with Gasteiger partial charge >= 0.3 is 5.97 Å². The van der Waals surface area contributed by atoms with E-state index in [1.807, 2.05) is 20.8 Å². The Balaban J connectivity index is 2.13. The Morgan fingerprint density at radius 1 is 1.23 bits per heavy atom. The lowest BCUT2D eigenvalue weighted by molar-refractivity contribution is -0.163. The summed E-state index contributed by atoms with van der Waals surface area (Å²) in [5, 5.41) is 0.0777. The van der Waals surface area contributed by atoms with Crippen LogP contribution < -0.4 is 5.73 Å². The first-order chi connectivity index (χ1) is 10.3.